The minimum atomic E-state index is -0.910. The van der Waals surface area contributed by atoms with Crippen LogP contribution < -0.4 is 21.4 Å². The van der Waals surface area contributed by atoms with E-state index < -0.39 is 23.0 Å². The average Bonchev–Trinajstić information content (AvgIpc) is 2.83. The van der Waals surface area contributed by atoms with Gasteiger partial charge in [-0.3, -0.25) is 9.55 Å². The molecule has 35 heavy (non-hydrogen) atoms. The fraction of sp³-hybridized carbons (Fsp3) is 0.125. The normalized spacial score (nSPS) is 10.6. The number of nitrogens with zero attached hydrogens (tertiary/aromatic N) is 5. The Hall–Kier alpha value is -4.85. The Kier molecular flexibility index (Phi) is 6.37. The molecule has 0 aliphatic heterocycles. The van der Waals surface area contributed by atoms with Crippen molar-refractivity contribution in [3.05, 3.63) is 104 Å². The quantitative estimate of drug-likeness (QED) is 0.455. The van der Waals surface area contributed by atoms with Crippen LogP contribution in [0.1, 0.15) is 16.7 Å². The Morgan fingerprint density at radius 2 is 1.89 bits per heavy atom. The van der Waals surface area contributed by atoms with Crippen molar-refractivity contribution >= 4 is 11.6 Å². The Morgan fingerprint density at radius 3 is 2.57 bits per heavy atom. The molecule has 4 rings (SSSR count). The maximum atomic E-state index is 14.6. The van der Waals surface area contributed by atoms with E-state index in [1.165, 1.54) is 37.6 Å². The third-order valence-electron chi connectivity index (χ3n) is 5.10. The van der Waals surface area contributed by atoms with Crippen LogP contribution in [-0.2, 0) is 6.54 Å². The highest BCUT2D eigenvalue weighted by Gasteiger charge is 2.18. The van der Waals surface area contributed by atoms with Crippen LogP contribution in [0.5, 0.6) is 5.75 Å². The number of anilines is 2. The summed E-state index contributed by atoms with van der Waals surface area (Å²) in [6, 6.07) is 11.1. The van der Waals surface area contributed by atoms with E-state index in [0.717, 1.165) is 21.3 Å². The van der Waals surface area contributed by atoms with Crippen LogP contribution in [0.2, 0.25) is 0 Å². The van der Waals surface area contributed by atoms with E-state index in [1.807, 2.05) is 0 Å². The van der Waals surface area contributed by atoms with Gasteiger partial charge in [0.15, 0.2) is 0 Å². The van der Waals surface area contributed by atoms with Crippen molar-refractivity contribution in [2.45, 2.75) is 13.5 Å². The van der Waals surface area contributed by atoms with Crippen molar-refractivity contribution in [2.75, 3.05) is 12.4 Å². The van der Waals surface area contributed by atoms with Gasteiger partial charge < -0.3 is 10.1 Å². The zero-order chi connectivity index (χ0) is 25.1. The number of ether oxygens (including phenoxy) is 1. The second-order valence-corrected chi connectivity index (χ2v) is 7.54. The van der Waals surface area contributed by atoms with Gasteiger partial charge in [-0.15, -0.1) is 0 Å². The Balaban J connectivity index is 1.89. The molecule has 0 spiro atoms. The summed E-state index contributed by atoms with van der Waals surface area (Å²) in [6.45, 7) is 1.55. The predicted molar refractivity (Wildman–Crippen MR) is 123 cm³/mol. The molecule has 0 saturated heterocycles. The van der Waals surface area contributed by atoms with Crippen LogP contribution >= 0.6 is 0 Å². The van der Waals surface area contributed by atoms with Gasteiger partial charge in [-0.1, -0.05) is 6.07 Å². The summed E-state index contributed by atoms with van der Waals surface area (Å²) in [5.74, 6) is -1.39. The van der Waals surface area contributed by atoms with Crippen LogP contribution in [0.25, 0.3) is 5.69 Å². The van der Waals surface area contributed by atoms with Crippen LogP contribution in [0.15, 0.2) is 64.4 Å². The largest absolute Gasteiger partial charge is 0.497 e. The number of aryl methyl sites for hydroxylation is 1. The highest BCUT2D eigenvalue weighted by Crippen LogP contribution is 2.23. The summed E-state index contributed by atoms with van der Waals surface area (Å²) < 4.78 is 35.3. The fourth-order valence-corrected chi connectivity index (χ4v) is 3.40. The summed E-state index contributed by atoms with van der Waals surface area (Å²) in [4.78, 5) is 34.3. The molecule has 0 atom stereocenters. The van der Waals surface area contributed by atoms with E-state index in [-0.39, 0.29) is 35.2 Å². The molecule has 176 valence electrons. The molecule has 9 nitrogen and oxygen atoms in total. The number of aromatic nitrogens is 4. The van der Waals surface area contributed by atoms with Crippen LogP contribution in [-0.4, -0.2) is 26.2 Å². The molecule has 0 aliphatic carbocycles. The number of rotatable bonds is 6. The van der Waals surface area contributed by atoms with E-state index >= 15 is 0 Å². The molecule has 11 heteroatoms. The van der Waals surface area contributed by atoms with Crippen molar-refractivity contribution in [2.24, 2.45) is 0 Å². The lowest BCUT2D eigenvalue weighted by molar-refractivity contribution is 0.411. The van der Waals surface area contributed by atoms with E-state index in [2.05, 4.69) is 15.3 Å². The van der Waals surface area contributed by atoms with Gasteiger partial charge in [0.2, 0.25) is 5.95 Å². The third kappa shape index (κ3) is 4.77. The number of nitriles is 1. The van der Waals surface area contributed by atoms with Gasteiger partial charge in [-0.2, -0.15) is 10.2 Å². The van der Waals surface area contributed by atoms with Crippen molar-refractivity contribution in [1.29, 1.82) is 5.26 Å². The first kappa shape index (κ1) is 23.3. The highest BCUT2D eigenvalue weighted by atomic mass is 19.1. The van der Waals surface area contributed by atoms with Crippen molar-refractivity contribution < 1.29 is 13.5 Å². The number of hydrogen-bond acceptors (Lipinski definition) is 7. The lowest BCUT2D eigenvalue weighted by atomic mass is 10.1. The molecule has 2 heterocycles. The lowest BCUT2D eigenvalue weighted by Gasteiger charge is -2.16. The van der Waals surface area contributed by atoms with Gasteiger partial charge in [-0.05, 0) is 48.4 Å². The first-order chi connectivity index (χ1) is 16.8. The van der Waals surface area contributed by atoms with E-state index in [1.54, 1.807) is 25.3 Å². The first-order valence-electron chi connectivity index (χ1n) is 10.3. The number of methoxy groups -OCH3 is 1. The predicted octanol–water partition coefficient (Wildman–Crippen LogP) is 3.05. The molecule has 4 aromatic rings. The van der Waals surface area contributed by atoms with E-state index in [0.29, 0.717) is 11.1 Å². The molecule has 0 amide bonds. The van der Waals surface area contributed by atoms with E-state index in [4.69, 9.17) is 10.00 Å². The molecule has 0 radical (unpaired) electrons. The molecule has 0 aliphatic rings. The molecule has 0 bridgehead atoms. The van der Waals surface area contributed by atoms with Crippen molar-refractivity contribution in [1.82, 2.24) is 19.1 Å². The smallest absolute Gasteiger partial charge is 0.359 e. The number of halogens is 2. The van der Waals surface area contributed by atoms with Gasteiger partial charge in [-0.25, -0.2) is 22.9 Å². The zero-order valence-electron chi connectivity index (χ0n) is 18.6. The standard InChI is InChI=1S/C24H18F2N6O3/c1-14-7-17(12-28-11-14)32-23(33)30-22(29-21-6-4-18(35-2)9-20(21)26)31(24(32)34)13-15-3-5-19(25)16(8-15)10-27/h3-9,11-12H,13H2,1-2H3,(H,29,30,33). The molecule has 1 N–H and O–H groups in total. The van der Waals surface area contributed by atoms with Gasteiger partial charge in [0.05, 0.1) is 36.8 Å². The molecule has 0 unspecified atom stereocenters. The minimum absolute atomic E-state index is 0.0577. The second-order valence-electron chi connectivity index (χ2n) is 7.54. The summed E-state index contributed by atoms with van der Waals surface area (Å²) in [7, 11) is 1.39. The van der Waals surface area contributed by atoms with Crippen LogP contribution in [0, 0.1) is 29.9 Å². The zero-order valence-corrected chi connectivity index (χ0v) is 18.6. The number of benzene rings is 2. The summed E-state index contributed by atoms with van der Waals surface area (Å²) in [6.07, 6.45) is 2.90. The topological polar surface area (TPSA) is 115 Å². The second kappa shape index (κ2) is 9.56. The molecular formula is C24H18F2N6O3. The van der Waals surface area contributed by atoms with E-state index in [9.17, 15) is 18.4 Å². The van der Waals surface area contributed by atoms with Gasteiger partial charge >= 0.3 is 11.4 Å². The summed E-state index contributed by atoms with van der Waals surface area (Å²) in [5.41, 5.74) is -0.686. The Bertz CT molecular complexity index is 1590. The summed E-state index contributed by atoms with van der Waals surface area (Å²) >= 11 is 0. The highest BCUT2D eigenvalue weighted by molar-refractivity contribution is 5.56. The van der Waals surface area contributed by atoms with Gasteiger partial charge in [0, 0.05) is 12.3 Å². The van der Waals surface area contributed by atoms with Gasteiger partial charge in [0.1, 0.15) is 23.5 Å². The summed E-state index contributed by atoms with van der Waals surface area (Å²) in [5, 5.41) is 11.8. The van der Waals surface area contributed by atoms with Crippen LogP contribution in [0.3, 0.4) is 0 Å². The Morgan fingerprint density at radius 1 is 1.09 bits per heavy atom. The molecule has 2 aromatic carbocycles. The Labute approximate surface area is 197 Å². The van der Waals surface area contributed by atoms with Gasteiger partial charge in [0.25, 0.3) is 0 Å². The third-order valence-corrected chi connectivity index (χ3v) is 5.10. The molecule has 0 fully saturated rings. The van der Waals surface area contributed by atoms with Crippen molar-refractivity contribution in [3.8, 4) is 17.5 Å². The number of pyridine rings is 1. The minimum Gasteiger partial charge on any atom is -0.497 e. The molecular weight excluding hydrogens is 458 g/mol. The molecule has 0 saturated carbocycles. The maximum absolute atomic E-state index is 14.6. The lowest BCUT2D eigenvalue weighted by Crippen LogP contribution is -2.41. The fourth-order valence-electron chi connectivity index (χ4n) is 3.40. The number of nitrogens with one attached hydrogen (secondary N) is 1. The average molecular weight is 476 g/mol. The van der Waals surface area contributed by atoms with Crippen molar-refractivity contribution in [3.63, 3.8) is 0 Å². The van der Waals surface area contributed by atoms with Crippen LogP contribution in [0.4, 0.5) is 20.4 Å². The number of hydrogen-bond donors (Lipinski definition) is 1. The first-order valence-corrected chi connectivity index (χ1v) is 10.3. The SMILES string of the molecule is COc1ccc(Nc2nc(=O)n(-c3cncc(C)c3)c(=O)n2Cc2ccc(F)c(C#N)c2)c(F)c1. The molecule has 2 aromatic heterocycles. The maximum Gasteiger partial charge on any atom is 0.359 e. The monoisotopic (exact) mass is 476 g/mol.